The van der Waals surface area contributed by atoms with Crippen molar-refractivity contribution in [3.05, 3.63) is 156 Å². The number of aromatic nitrogens is 6. The number of aliphatic hydroxyl groups is 2. The van der Waals surface area contributed by atoms with Gasteiger partial charge in [0.1, 0.15) is 22.7 Å². The van der Waals surface area contributed by atoms with E-state index in [1.54, 1.807) is 24.5 Å². The second-order valence-corrected chi connectivity index (χ2v) is 18.5. The molecule has 2 aromatic carbocycles. The van der Waals surface area contributed by atoms with Crippen LogP contribution in [0.5, 0.6) is 0 Å². The predicted octanol–water partition coefficient (Wildman–Crippen LogP) is 11.8. The van der Waals surface area contributed by atoms with Crippen LogP contribution in [0.3, 0.4) is 0 Å². The Hall–Kier alpha value is -5.58. The minimum atomic E-state index is -0.469. The highest BCUT2D eigenvalue weighted by atomic mass is 19.1. The lowest BCUT2D eigenvalue weighted by Gasteiger charge is -2.33. The molecule has 0 unspecified atom stereocenters. The highest BCUT2D eigenvalue weighted by molar-refractivity contribution is 5.84. The molecule has 0 spiro atoms. The first-order valence-corrected chi connectivity index (χ1v) is 22.7. The fourth-order valence-electron chi connectivity index (χ4n) is 11.2. The van der Waals surface area contributed by atoms with Crippen molar-refractivity contribution in [2.45, 2.75) is 113 Å². The Bertz CT molecular complexity index is 2710. The van der Waals surface area contributed by atoms with Gasteiger partial charge in [-0.1, -0.05) is 24.3 Å². The number of pyridine rings is 4. The molecular weight excluding hydrogens is 779 g/mol. The van der Waals surface area contributed by atoms with Crippen LogP contribution in [-0.2, 0) is 0 Å². The summed E-state index contributed by atoms with van der Waals surface area (Å²) in [7, 11) is 0. The molecule has 10 heteroatoms. The maximum Gasteiger partial charge on any atom is 0.149 e. The monoisotopic (exact) mass is 830 g/mol. The van der Waals surface area contributed by atoms with Gasteiger partial charge < -0.3 is 19.0 Å². The topological polar surface area (TPSA) is 101 Å². The quantitative estimate of drug-likeness (QED) is 0.158. The summed E-state index contributed by atoms with van der Waals surface area (Å²) in [6.07, 6.45) is 26.7. The average molecular weight is 831 g/mol. The van der Waals surface area contributed by atoms with Crippen molar-refractivity contribution >= 4 is 32.8 Å². The Kier molecular flexibility index (Phi) is 10.3. The number of para-hydroxylation sites is 2. The Morgan fingerprint density at radius 2 is 0.871 bits per heavy atom. The Labute approximate surface area is 359 Å². The highest BCUT2D eigenvalue weighted by Gasteiger charge is 2.36. The molecule has 2 N–H and O–H groups in total. The van der Waals surface area contributed by atoms with Crippen molar-refractivity contribution in [3.8, 4) is 0 Å². The molecule has 4 aliphatic carbocycles. The Morgan fingerprint density at radius 3 is 1.27 bits per heavy atom. The summed E-state index contributed by atoms with van der Waals surface area (Å²) >= 11 is 0. The standard InChI is InChI=1S/2C26H26FN3O/c2*27-22-3-1-2-21-19(10-12-29-25(21)22)16-6-8-18(9-7-16)26(31)24-20(17-4-5-17)11-13-30-15-28-14-23(24)30/h2*1-3,10-18,26,31H,4-9H2/t2*16?,18?,26-/m10/s1. The molecule has 4 aliphatic rings. The predicted molar refractivity (Wildman–Crippen MR) is 237 cm³/mol. The van der Waals surface area contributed by atoms with Gasteiger partial charge in [0.15, 0.2) is 0 Å². The number of nitrogens with zero attached hydrogens (tertiary/aromatic N) is 6. The molecule has 316 valence electrons. The molecule has 6 heterocycles. The summed E-state index contributed by atoms with van der Waals surface area (Å²) in [4.78, 5) is 17.1. The summed E-state index contributed by atoms with van der Waals surface area (Å²) in [5, 5.41) is 24.8. The van der Waals surface area contributed by atoms with E-state index in [0.29, 0.717) is 34.7 Å². The minimum Gasteiger partial charge on any atom is -0.388 e. The van der Waals surface area contributed by atoms with E-state index < -0.39 is 12.2 Å². The molecular formula is C52H52F2N6O2. The molecule has 4 saturated carbocycles. The number of hydrogen-bond acceptors (Lipinski definition) is 6. The molecule has 0 aliphatic heterocycles. The van der Waals surface area contributed by atoms with E-state index in [4.69, 9.17) is 0 Å². The largest absolute Gasteiger partial charge is 0.388 e. The number of fused-ring (bicyclic) bond motifs is 4. The summed E-state index contributed by atoms with van der Waals surface area (Å²) < 4.78 is 32.4. The van der Waals surface area contributed by atoms with Crippen molar-refractivity contribution in [2.24, 2.45) is 11.8 Å². The molecule has 0 radical (unpaired) electrons. The maximum atomic E-state index is 14.2. The van der Waals surface area contributed by atoms with Gasteiger partial charge >= 0.3 is 0 Å². The third-order valence-corrected chi connectivity index (χ3v) is 14.8. The summed E-state index contributed by atoms with van der Waals surface area (Å²) in [5.74, 6) is 1.88. The van der Waals surface area contributed by atoms with E-state index in [1.807, 2.05) is 58.1 Å². The number of rotatable bonds is 8. The van der Waals surface area contributed by atoms with Crippen molar-refractivity contribution in [3.63, 3.8) is 0 Å². The summed E-state index contributed by atoms with van der Waals surface area (Å²) in [5.41, 5.74) is 10.2. The van der Waals surface area contributed by atoms with Gasteiger partial charge in [-0.25, -0.2) is 18.7 Å². The van der Waals surface area contributed by atoms with Crippen LogP contribution in [0.4, 0.5) is 8.78 Å². The fourth-order valence-corrected chi connectivity index (χ4v) is 11.2. The zero-order chi connectivity index (χ0) is 41.9. The molecule has 2 atom stereocenters. The van der Waals surface area contributed by atoms with Crippen LogP contribution in [0.25, 0.3) is 32.8 Å². The minimum absolute atomic E-state index is 0.236. The van der Waals surface area contributed by atoms with E-state index in [9.17, 15) is 19.0 Å². The zero-order valence-corrected chi connectivity index (χ0v) is 34.8. The van der Waals surface area contributed by atoms with E-state index in [2.05, 4.69) is 44.5 Å². The first kappa shape index (κ1) is 39.3. The SMILES string of the molecule is O[C@@H](c1c(C2CC2)ccn2cncc12)C1CCC(c2ccnc3c(F)cccc23)CC1.O[C@H](c1c(C2CC2)ccn2cncc12)C1CCC(c2ccnc3c(F)cccc23)CC1. The normalized spacial score (nSPS) is 22.8. The van der Waals surface area contributed by atoms with Gasteiger partial charge in [-0.15, -0.1) is 0 Å². The van der Waals surface area contributed by atoms with E-state index in [1.165, 1.54) is 60.1 Å². The van der Waals surface area contributed by atoms with Crippen LogP contribution in [-0.4, -0.2) is 39.0 Å². The lowest BCUT2D eigenvalue weighted by molar-refractivity contribution is 0.0809. The average Bonchev–Trinajstić information content (AvgIpc) is 4.25. The van der Waals surface area contributed by atoms with Gasteiger partial charge in [0.2, 0.25) is 0 Å². The van der Waals surface area contributed by atoms with Crippen LogP contribution in [0.2, 0.25) is 0 Å². The first-order chi connectivity index (χ1) is 30.4. The van der Waals surface area contributed by atoms with Gasteiger partial charge in [0.05, 0.1) is 48.3 Å². The van der Waals surface area contributed by atoms with Crippen LogP contribution in [0, 0.1) is 23.5 Å². The Morgan fingerprint density at radius 1 is 0.484 bits per heavy atom. The maximum absolute atomic E-state index is 14.2. The van der Waals surface area contributed by atoms with Gasteiger partial charge in [0.25, 0.3) is 0 Å². The lowest BCUT2D eigenvalue weighted by atomic mass is 9.74. The molecule has 0 bridgehead atoms. The van der Waals surface area contributed by atoms with Crippen LogP contribution >= 0.6 is 0 Å². The lowest BCUT2D eigenvalue weighted by Crippen LogP contribution is -2.21. The van der Waals surface area contributed by atoms with Crippen molar-refractivity contribution in [1.29, 1.82) is 0 Å². The van der Waals surface area contributed by atoms with E-state index >= 15 is 0 Å². The van der Waals surface area contributed by atoms with Crippen molar-refractivity contribution in [1.82, 2.24) is 28.7 Å². The van der Waals surface area contributed by atoms with Crippen LogP contribution < -0.4 is 0 Å². The highest BCUT2D eigenvalue weighted by Crippen LogP contribution is 2.50. The molecule has 0 amide bonds. The van der Waals surface area contributed by atoms with Gasteiger partial charge in [-0.3, -0.25) is 9.97 Å². The van der Waals surface area contributed by atoms with Gasteiger partial charge in [-0.2, -0.15) is 0 Å². The van der Waals surface area contributed by atoms with Crippen LogP contribution in [0.1, 0.15) is 146 Å². The number of hydrogen-bond donors (Lipinski definition) is 2. The molecule has 12 rings (SSSR count). The smallest absolute Gasteiger partial charge is 0.149 e. The molecule has 62 heavy (non-hydrogen) atoms. The van der Waals surface area contributed by atoms with Crippen molar-refractivity contribution in [2.75, 3.05) is 0 Å². The zero-order valence-electron chi connectivity index (χ0n) is 34.8. The first-order valence-electron chi connectivity index (χ1n) is 22.7. The number of aliphatic hydroxyl groups excluding tert-OH is 2. The third-order valence-electron chi connectivity index (χ3n) is 14.8. The summed E-state index contributed by atoms with van der Waals surface area (Å²) in [6.45, 7) is 0. The number of imidazole rings is 2. The molecule has 8 aromatic rings. The molecule has 0 saturated heterocycles. The fraction of sp³-hybridized carbons (Fsp3) is 0.385. The van der Waals surface area contributed by atoms with E-state index in [0.717, 1.165) is 84.3 Å². The second kappa shape index (κ2) is 16.3. The van der Waals surface area contributed by atoms with Gasteiger partial charge in [0, 0.05) is 46.7 Å². The number of halogens is 2. The van der Waals surface area contributed by atoms with Crippen LogP contribution in [0.15, 0.2) is 110 Å². The molecule has 4 fully saturated rings. The number of benzene rings is 2. The Balaban J connectivity index is 0.000000139. The van der Waals surface area contributed by atoms with E-state index in [-0.39, 0.29) is 23.5 Å². The summed E-state index contributed by atoms with van der Waals surface area (Å²) in [6, 6.07) is 18.9. The second-order valence-electron chi connectivity index (χ2n) is 18.5. The third kappa shape index (κ3) is 7.24. The molecule has 8 nitrogen and oxygen atoms in total. The van der Waals surface area contributed by atoms with Gasteiger partial charge in [-0.05, 0) is 171 Å². The molecule has 6 aromatic heterocycles. The van der Waals surface area contributed by atoms with Crippen molar-refractivity contribution < 1.29 is 19.0 Å².